The summed E-state index contributed by atoms with van der Waals surface area (Å²) in [6.07, 6.45) is 3.87. The molecule has 0 saturated carbocycles. The van der Waals surface area contributed by atoms with Gasteiger partial charge in [-0.3, -0.25) is 0 Å². The fourth-order valence-corrected chi connectivity index (χ4v) is 3.45. The van der Waals surface area contributed by atoms with Crippen molar-refractivity contribution in [2.24, 2.45) is 5.41 Å². The highest BCUT2D eigenvalue weighted by Gasteiger charge is 2.09. The molecular weight excluding hydrogens is 602 g/mol. The van der Waals surface area contributed by atoms with Crippen LogP contribution >= 0.6 is 0 Å². The van der Waals surface area contributed by atoms with Crippen molar-refractivity contribution in [3.63, 3.8) is 0 Å². The molecule has 0 radical (unpaired) electrons. The molecule has 0 aliphatic rings. The normalized spacial score (nSPS) is 12.0. The summed E-state index contributed by atoms with van der Waals surface area (Å²) in [6, 6.07) is 0. The second-order valence-electron chi connectivity index (χ2n) is 11.4. The number of aromatic nitrogens is 3. The highest BCUT2D eigenvalue weighted by atomic mass is 16.6. The fourth-order valence-electron chi connectivity index (χ4n) is 3.45. The molecule has 0 aliphatic heterocycles. The summed E-state index contributed by atoms with van der Waals surface area (Å²) in [4.78, 5) is 0. The molecule has 0 aliphatic carbocycles. The van der Waals surface area contributed by atoms with Gasteiger partial charge in [-0.25, -0.2) is 4.68 Å². The monoisotopic (exact) mass is 665 g/mol. The van der Waals surface area contributed by atoms with Crippen LogP contribution in [0.2, 0.25) is 0 Å². The van der Waals surface area contributed by atoms with Crippen molar-refractivity contribution in [1.82, 2.24) is 15.0 Å². The van der Waals surface area contributed by atoms with Crippen LogP contribution in [0, 0.1) is 5.41 Å². The van der Waals surface area contributed by atoms with E-state index < -0.39 is 0 Å². The second kappa shape index (κ2) is 32.3. The standard InChI is InChI=1S/C32H63N3O11/c1-5-31-30-35(34-33-31)7-9-37-11-13-39-15-17-41-19-21-43-23-25-45-27-29-46-28-26-44-24-22-42-20-18-40-16-14-38-12-10-36-8-6-32(2,3)4/h30H,5-29H2,1-4H3. The van der Waals surface area contributed by atoms with Crippen LogP contribution in [0.25, 0.3) is 0 Å². The van der Waals surface area contributed by atoms with Crippen LogP contribution in [0.1, 0.15) is 39.8 Å². The highest BCUT2D eigenvalue weighted by Crippen LogP contribution is 2.17. The molecule has 0 saturated heterocycles. The van der Waals surface area contributed by atoms with E-state index in [2.05, 4.69) is 38.0 Å². The highest BCUT2D eigenvalue weighted by molar-refractivity contribution is 4.90. The third-order valence-corrected chi connectivity index (χ3v) is 6.13. The van der Waals surface area contributed by atoms with E-state index in [1.165, 1.54) is 0 Å². The number of hydrogen-bond acceptors (Lipinski definition) is 13. The Kier molecular flexibility index (Phi) is 30.0. The Balaban J connectivity index is 1.63. The van der Waals surface area contributed by atoms with Gasteiger partial charge in [0.25, 0.3) is 0 Å². The summed E-state index contributed by atoms with van der Waals surface area (Å²) >= 11 is 0. The molecule has 1 aromatic heterocycles. The van der Waals surface area contributed by atoms with Crippen LogP contribution in [0.5, 0.6) is 0 Å². The summed E-state index contributed by atoms with van der Waals surface area (Å²) in [7, 11) is 0. The summed E-state index contributed by atoms with van der Waals surface area (Å²) in [5, 5.41) is 8.08. The molecule has 0 spiro atoms. The molecule has 0 bridgehead atoms. The average molecular weight is 666 g/mol. The minimum Gasteiger partial charge on any atom is -0.379 e. The van der Waals surface area contributed by atoms with Gasteiger partial charge in [0.2, 0.25) is 0 Å². The fraction of sp³-hybridized carbons (Fsp3) is 0.938. The maximum Gasteiger partial charge on any atom is 0.0824 e. The molecule has 0 atom stereocenters. The maximum atomic E-state index is 5.56. The first-order valence-corrected chi connectivity index (χ1v) is 16.8. The molecule has 14 nitrogen and oxygen atoms in total. The molecule has 1 aromatic rings. The van der Waals surface area contributed by atoms with E-state index in [1.807, 2.05) is 6.20 Å². The zero-order valence-electron chi connectivity index (χ0n) is 29.1. The lowest BCUT2D eigenvalue weighted by Crippen LogP contribution is -2.15. The predicted octanol–water partition coefficient (Wildman–Crippen LogP) is 2.46. The van der Waals surface area contributed by atoms with Gasteiger partial charge < -0.3 is 52.1 Å². The number of hydrogen-bond donors (Lipinski definition) is 0. The molecule has 0 fully saturated rings. The lowest BCUT2D eigenvalue weighted by molar-refractivity contribution is -0.0277. The summed E-state index contributed by atoms with van der Waals surface area (Å²) in [5.74, 6) is 0. The van der Waals surface area contributed by atoms with Gasteiger partial charge in [-0.2, -0.15) is 0 Å². The molecule has 0 amide bonds. The minimum atomic E-state index is 0.304. The van der Waals surface area contributed by atoms with Gasteiger partial charge in [-0.05, 0) is 18.3 Å². The maximum absolute atomic E-state index is 5.56. The molecule has 46 heavy (non-hydrogen) atoms. The Hall–Kier alpha value is -1.30. The second-order valence-corrected chi connectivity index (χ2v) is 11.4. The van der Waals surface area contributed by atoms with Gasteiger partial charge >= 0.3 is 0 Å². The summed E-state index contributed by atoms with van der Waals surface area (Å²) < 4.78 is 62.3. The van der Waals surface area contributed by atoms with Crippen LogP contribution < -0.4 is 0 Å². The van der Waals surface area contributed by atoms with Gasteiger partial charge in [0.05, 0.1) is 151 Å². The largest absolute Gasteiger partial charge is 0.379 e. The van der Waals surface area contributed by atoms with E-state index in [1.54, 1.807) is 4.68 Å². The van der Waals surface area contributed by atoms with Crippen molar-refractivity contribution >= 4 is 0 Å². The molecule has 0 aromatic carbocycles. The smallest absolute Gasteiger partial charge is 0.0824 e. The van der Waals surface area contributed by atoms with Crippen molar-refractivity contribution in [2.75, 3.05) is 145 Å². The topological polar surface area (TPSA) is 132 Å². The average Bonchev–Trinajstić information content (AvgIpc) is 3.50. The first-order valence-electron chi connectivity index (χ1n) is 16.8. The minimum absolute atomic E-state index is 0.304. The van der Waals surface area contributed by atoms with Crippen LogP contribution in [0.4, 0.5) is 0 Å². The Bertz CT molecular complexity index is 753. The first kappa shape index (κ1) is 42.7. The van der Waals surface area contributed by atoms with Crippen molar-refractivity contribution in [3.05, 3.63) is 11.9 Å². The van der Waals surface area contributed by atoms with E-state index >= 15 is 0 Å². The van der Waals surface area contributed by atoms with Gasteiger partial charge in [0.1, 0.15) is 0 Å². The Labute approximate surface area is 276 Å². The van der Waals surface area contributed by atoms with E-state index in [0.717, 1.165) is 25.1 Å². The quantitative estimate of drug-likeness (QED) is 0.0974. The molecule has 1 rings (SSSR count). The number of ether oxygens (including phenoxy) is 11. The Morgan fingerprint density at radius 3 is 1.00 bits per heavy atom. The van der Waals surface area contributed by atoms with Crippen molar-refractivity contribution in [1.29, 1.82) is 0 Å². The first-order chi connectivity index (χ1) is 22.5. The number of aryl methyl sites for hydroxylation is 1. The van der Waals surface area contributed by atoms with Crippen molar-refractivity contribution in [2.45, 2.75) is 47.1 Å². The molecule has 14 heteroatoms. The molecule has 0 N–H and O–H groups in total. The van der Waals surface area contributed by atoms with Crippen molar-refractivity contribution < 1.29 is 52.1 Å². The van der Waals surface area contributed by atoms with E-state index in [0.29, 0.717) is 151 Å². The zero-order valence-corrected chi connectivity index (χ0v) is 29.1. The Morgan fingerprint density at radius 1 is 0.457 bits per heavy atom. The SMILES string of the molecule is CCc1cn(CCOCCOCCOCCOCCOCCOCCOCCOCCOCCOCCOCCC(C)(C)C)nn1. The van der Waals surface area contributed by atoms with E-state index in [-0.39, 0.29) is 0 Å². The number of rotatable bonds is 36. The van der Waals surface area contributed by atoms with Gasteiger partial charge in [-0.1, -0.05) is 32.9 Å². The molecule has 0 unspecified atom stereocenters. The van der Waals surface area contributed by atoms with Crippen molar-refractivity contribution in [3.8, 4) is 0 Å². The van der Waals surface area contributed by atoms with Crippen LogP contribution in [0.3, 0.4) is 0 Å². The van der Waals surface area contributed by atoms with Crippen LogP contribution in [-0.4, -0.2) is 160 Å². The van der Waals surface area contributed by atoms with Gasteiger partial charge in [0, 0.05) is 12.8 Å². The molecular formula is C32H63N3O11. The van der Waals surface area contributed by atoms with E-state index in [9.17, 15) is 0 Å². The third-order valence-electron chi connectivity index (χ3n) is 6.13. The lowest BCUT2D eigenvalue weighted by Gasteiger charge is -2.17. The van der Waals surface area contributed by atoms with Gasteiger partial charge in [0.15, 0.2) is 0 Å². The van der Waals surface area contributed by atoms with Crippen LogP contribution in [-0.2, 0) is 65.1 Å². The van der Waals surface area contributed by atoms with Crippen LogP contribution in [0.15, 0.2) is 6.20 Å². The van der Waals surface area contributed by atoms with E-state index in [4.69, 9.17) is 52.1 Å². The predicted molar refractivity (Wildman–Crippen MR) is 172 cm³/mol. The summed E-state index contributed by atoms with van der Waals surface area (Å²) in [5.41, 5.74) is 1.29. The third kappa shape index (κ3) is 31.3. The molecule has 272 valence electrons. The number of nitrogens with zero attached hydrogens (tertiary/aromatic N) is 3. The Morgan fingerprint density at radius 2 is 0.739 bits per heavy atom. The zero-order chi connectivity index (χ0) is 33.2. The molecule has 1 heterocycles. The lowest BCUT2D eigenvalue weighted by atomic mass is 9.93. The summed E-state index contributed by atoms with van der Waals surface area (Å²) in [6.45, 7) is 21.4. The van der Waals surface area contributed by atoms with Gasteiger partial charge in [-0.15, -0.1) is 5.10 Å².